The first-order chi connectivity index (χ1) is 12.0. The summed E-state index contributed by atoms with van der Waals surface area (Å²) in [6, 6.07) is 8.86. The highest BCUT2D eigenvalue weighted by atomic mass is 32.1. The standard InChI is InChI=1S/C18H18N2O4S/c1-12-8-10-25-17(12)18(23)24-11-15(21)19-13-4-6-14(7-5-13)20-9-2-3-16(20)22/h4-8,10H,2-3,9,11H2,1H3,(H,19,21). The number of rotatable bonds is 5. The van der Waals surface area contributed by atoms with Crippen LogP contribution >= 0.6 is 11.3 Å². The van der Waals surface area contributed by atoms with Crippen molar-refractivity contribution in [3.8, 4) is 0 Å². The zero-order valence-electron chi connectivity index (χ0n) is 13.8. The molecule has 2 aromatic rings. The minimum atomic E-state index is -0.495. The molecule has 2 heterocycles. The lowest BCUT2D eigenvalue weighted by molar-refractivity contribution is -0.119. The molecule has 1 saturated heterocycles. The zero-order valence-corrected chi connectivity index (χ0v) is 14.6. The monoisotopic (exact) mass is 358 g/mol. The Labute approximate surface area is 149 Å². The molecule has 2 amide bonds. The Hall–Kier alpha value is -2.67. The maximum Gasteiger partial charge on any atom is 0.349 e. The number of thiophene rings is 1. The summed E-state index contributed by atoms with van der Waals surface area (Å²) in [5, 5.41) is 4.47. The Morgan fingerprint density at radius 2 is 2.00 bits per heavy atom. The third-order valence-corrected chi connectivity index (χ3v) is 4.91. The van der Waals surface area contributed by atoms with E-state index in [0.29, 0.717) is 17.0 Å². The highest BCUT2D eigenvalue weighted by molar-refractivity contribution is 7.12. The molecule has 1 N–H and O–H groups in total. The second-order valence-electron chi connectivity index (χ2n) is 5.75. The van der Waals surface area contributed by atoms with Crippen LogP contribution in [0.25, 0.3) is 0 Å². The van der Waals surface area contributed by atoms with Crippen LogP contribution in [0.15, 0.2) is 35.7 Å². The second kappa shape index (κ2) is 7.48. The normalized spacial score (nSPS) is 13.8. The Morgan fingerprint density at radius 1 is 1.24 bits per heavy atom. The average Bonchev–Trinajstić information content (AvgIpc) is 3.22. The minimum Gasteiger partial charge on any atom is -0.451 e. The first-order valence-electron chi connectivity index (χ1n) is 7.96. The first kappa shape index (κ1) is 17.2. The van der Waals surface area contributed by atoms with Gasteiger partial charge >= 0.3 is 5.97 Å². The van der Waals surface area contributed by atoms with Crippen LogP contribution in [0.1, 0.15) is 28.1 Å². The van der Waals surface area contributed by atoms with Crippen molar-refractivity contribution in [1.29, 1.82) is 0 Å². The van der Waals surface area contributed by atoms with E-state index in [1.165, 1.54) is 11.3 Å². The number of hydrogen-bond acceptors (Lipinski definition) is 5. The molecular weight excluding hydrogens is 340 g/mol. The molecule has 7 heteroatoms. The number of carbonyl (C=O) groups is 3. The van der Waals surface area contributed by atoms with E-state index in [4.69, 9.17) is 4.74 Å². The Kier molecular flexibility index (Phi) is 5.14. The molecule has 1 fully saturated rings. The molecule has 0 unspecified atom stereocenters. The van der Waals surface area contributed by atoms with E-state index in [1.54, 1.807) is 34.5 Å². The van der Waals surface area contributed by atoms with Gasteiger partial charge in [0.1, 0.15) is 4.88 Å². The van der Waals surface area contributed by atoms with Crippen molar-refractivity contribution in [3.63, 3.8) is 0 Å². The fourth-order valence-electron chi connectivity index (χ4n) is 2.62. The highest BCUT2D eigenvalue weighted by Crippen LogP contribution is 2.23. The SMILES string of the molecule is Cc1ccsc1C(=O)OCC(=O)Nc1ccc(N2CCCC2=O)cc1. The predicted molar refractivity (Wildman–Crippen MR) is 96.0 cm³/mol. The number of carbonyl (C=O) groups excluding carboxylic acids is 3. The summed E-state index contributed by atoms with van der Waals surface area (Å²) in [5.74, 6) is -0.786. The van der Waals surface area contributed by atoms with Crippen LogP contribution in [0.2, 0.25) is 0 Å². The van der Waals surface area contributed by atoms with Crippen molar-refractivity contribution >= 4 is 40.5 Å². The summed E-state index contributed by atoms with van der Waals surface area (Å²) in [5.41, 5.74) is 2.24. The van der Waals surface area contributed by atoms with Crippen molar-refractivity contribution in [3.05, 3.63) is 46.2 Å². The van der Waals surface area contributed by atoms with Crippen LogP contribution in [0.3, 0.4) is 0 Å². The van der Waals surface area contributed by atoms with Crippen LogP contribution < -0.4 is 10.2 Å². The van der Waals surface area contributed by atoms with Gasteiger partial charge in [-0.1, -0.05) is 0 Å². The summed E-state index contributed by atoms with van der Waals surface area (Å²) in [6.45, 7) is 2.20. The first-order valence-corrected chi connectivity index (χ1v) is 8.84. The van der Waals surface area contributed by atoms with Crippen LogP contribution in [0.4, 0.5) is 11.4 Å². The van der Waals surface area contributed by atoms with Gasteiger partial charge < -0.3 is 15.0 Å². The van der Waals surface area contributed by atoms with Gasteiger partial charge in [0.15, 0.2) is 6.61 Å². The fraction of sp³-hybridized carbons (Fsp3) is 0.278. The third kappa shape index (κ3) is 4.06. The maximum atomic E-state index is 11.9. The van der Waals surface area contributed by atoms with Gasteiger partial charge in [0.2, 0.25) is 5.91 Å². The molecule has 0 spiro atoms. The number of hydrogen-bond donors (Lipinski definition) is 1. The molecule has 0 radical (unpaired) electrons. The Morgan fingerprint density at radius 3 is 2.60 bits per heavy atom. The lowest BCUT2D eigenvalue weighted by atomic mass is 10.2. The van der Waals surface area contributed by atoms with E-state index >= 15 is 0 Å². The van der Waals surface area contributed by atoms with E-state index in [0.717, 1.165) is 24.2 Å². The smallest absolute Gasteiger partial charge is 0.349 e. The second-order valence-corrected chi connectivity index (χ2v) is 6.67. The topological polar surface area (TPSA) is 75.7 Å². The molecule has 1 aliphatic rings. The summed E-state index contributed by atoms with van der Waals surface area (Å²) in [6.07, 6.45) is 1.44. The van der Waals surface area contributed by atoms with Crippen molar-refractivity contribution in [2.45, 2.75) is 19.8 Å². The lowest BCUT2D eigenvalue weighted by Crippen LogP contribution is -2.23. The van der Waals surface area contributed by atoms with Gasteiger partial charge in [-0.3, -0.25) is 9.59 Å². The van der Waals surface area contributed by atoms with Gasteiger partial charge in [-0.2, -0.15) is 0 Å². The molecule has 0 atom stereocenters. The quantitative estimate of drug-likeness (QED) is 0.834. The summed E-state index contributed by atoms with van der Waals surface area (Å²) in [4.78, 5) is 37.7. The molecule has 1 aliphatic heterocycles. The fourth-order valence-corrected chi connectivity index (χ4v) is 3.44. The van der Waals surface area contributed by atoms with Crippen LogP contribution in [-0.2, 0) is 14.3 Å². The number of anilines is 2. The minimum absolute atomic E-state index is 0.118. The molecule has 0 bridgehead atoms. The molecular formula is C18H18N2O4S. The van der Waals surface area contributed by atoms with Gasteiger partial charge in [0, 0.05) is 24.3 Å². The number of amides is 2. The Balaban J connectivity index is 1.52. The number of aryl methyl sites for hydroxylation is 1. The van der Waals surface area contributed by atoms with Crippen molar-refractivity contribution in [1.82, 2.24) is 0 Å². The summed E-state index contributed by atoms with van der Waals surface area (Å²) >= 11 is 1.29. The van der Waals surface area contributed by atoms with Crippen LogP contribution in [0, 0.1) is 6.92 Å². The number of nitrogens with one attached hydrogen (secondary N) is 1. The molecule has 25 heavy (non-hydrogen) atoms. The van der Waals surface area contributed by atoms with Gasteiger partial charge in [-0.25, -0.2) is 4.79 Å². The molecule has 0 saturated carbocycles. The van der Waals surface area contributed by atoms with Crippen molar-refractivity contribution < 1.29 is 19.1 Å². The van der Waals surface area contributed by atoms with Gasteiger partial charge in [0.05, 0.1) is 0 Å². The predicted octanol–water partition coefficient (Wildman–Crippen LogP) is 2.98. The highest BCUT2D eigenvalue weighted by Gasteiger charge is 2.21. The van der Waals surface area contributed by atoms with E-state index in [2.05, 4.69) is 5.32 Å². The average molecular weight is 358 g/mol. The Bertz CT molecular complexity index is 798. The summed E-state index contributed by atoms with van der Waals surface area (Å²) in [7, 11) is 0. The van der Waals surface area contributed by atoms with Gasteiger partial charge in [-0.15, -0.1) is 11.3 Å². The molecule has 6 nitrogen and oxygen atoms in total. The van der Waals surface area contributed by atoms with Crippen LogP contribution in [0.5, 0.6) is 0 Å². The van der Waals surface area contributed by atoms with E-state index < -0.39 is 11.9 Å². The molecule has 130 valence electrons. The van der Waals surface area contributed by atoms with Crippen molar-refractivity contribution in [2.24, 2.45) is 0 Å². The zero-order chi connectivity index (χ0) is 17.8. The van der Waals surface area contributed by atoms with Gasteiger partial charge in [0.25, 0.3) is 5.91 Å². The largest absolute Gasteiger partial charge is 0.451 e. The van der Waals surface area contributed by atoms with Crippen LogP contribution in [-0.4, -0.2) is 30.9 Å². The van der Waals surface area contributed by atoms with Gasteiger partial charge in [-0.05, 0) is 54.6 Å². The molecule has 3 rings (SSSR count). The van der Waals surface area contributed by atoms with E-state index in [9.17, 15) is 14.4 Å². The number of ether oxygens (including phenoxy) is 1. The van der Waals surface area contributed by atoms with Crippen molar-refractivity contribution in [2.75, 3.05) is 23.4 Å². The van der Waals surface area contributed by atoms with E-state index in [1.807, 2.05) is 13.0 Å². The van der Waals surface area contributed by atoms with E-state index in [-0.39, 0.29) is 12.5 Å². The maximum absolute atomic E-state index is 11.9. The third-order valence-electron chi connectivity index (χ3n) is 3.92. The molecule has 1 aromatic heterocycles. The number of esters is 1. The molecule has 1 aromatic carbocycles. The lowest BCUT2D eigenvalue weighted by Gasteiger charge is -2.16. The summed E-state index contributed by atoms with van der Waals surface area (Å²) < 4.78 is 5.03. The number of benzene rings is 1. The number of nitrogens with zero attached hydrogens (tertiary/aromatic N) is 1. The molecule has 0 aliphatic carbocycles.